The first-order valence-electron chi connectivity index (χ1n) is 4.36. The van der Waals surface area contributed by atoms with Gasteiger partial charge in [0, 0.05) is 7.11 Å². The number of furan rings is 1. The SMILES string of the molecule is COC1CC1C(=O)c1ccc(C)o1. The van der Waals surface area contributed by atoms with Crippen LogP contribution in [0.4, 0.5) is 0 Å². The molecule has 2 unspecified atom stereocenters. The topological polar surface area (TPSA) is 39.4 Å². The summed E-state index contributed by atoms with van der Waals surface area (Å²) in [6, 6.07) is 3.53. The molecule has 1 aromatic rings. The summed E-state index contributed by atoms with van der Waals surface area (Å²) in [4.78, 5) is 11.6. The number of hydrogen-bond acceptors (Lipinski definition) is 3. The Kier molecular flexibility index (Phi) is 1.96. The van der Waals surface area contributed by atoms with Gasteiger partial charge in [-0.25, -0.2) is 0 Å². The Balaban J connectivity index is 2.07. The number of hydrogen-bond donors (Lipinski definition) is 0. The molecular weight excluding hydrogens is 168 g/mol. The van der Waals surface area contributed by atoms with Crippen molar-refractivity contribution in [1.82, 2.24) is 0 Å². The number of rotatable bonds is 3. The van der Waals surface area contributed by atoms with Crippen molar-refractivity contribution in [2.75, 3.05) is 7.11 Å². The second-order valence-electron chi connectivity index (χ2n) is 3.39. The lowest BCUT2D eigenvalue weighted by molar-refractivity contribution is 0.0890. The maximum Gasteiger partial charge on any atom is 0.203 e. The van der Waals surface area contributed by atoms with Crippen LogP contribution < -0.4 is 0 Å². The van der Waals surface area contributed by atoms with Crippen LogP contribution in [0.15, 0.2) is 16.5 Å². The van der Waals surface area contributed by atoms with Gasteiger partial charge in [-0.1, -0.05) is 0 Å². The molecule has 0 N–H and O–H groups in total. The van der Waals surface area contributed by atoms with E-state index in [4.69, 9.17) is 9.15 Å². The Labute approximate surface area is 76.7 Å². The van der Waals surface area contributed by atoms with Gasteiger partial charge in [0.1, 0.15) is 5.76 Å². The van der Waals surface area contributed by atoms with Crippen LogP contribution in [0.3, 0.4) is 0 Å². The van der Waals surface area contributed by atoms with E-state index in [0.29, 0.717) is 5.76 Å². The first-order chi connectivity index (χ1) is 6.22. The van der Waals surface area contributed by atoms with Crippen LogP contribution in [0.1, 0.15) is 22.7 Å². The Hall–Kier alpha value is -1.09. The fourth-order valence-corrected chi connectivity index (χ4v) is 1.46. The van der Waals surface area contributed by atoms with E-state index in [9.17, 15) is 4.79 Å². The molecule has 0 spiro atoms. The molecule has 1 aliphatic carbocycles. The van der Waals surface area contributed by atoms with Crippen LogP contribution in [-0.4, -0.2) is 19.0 Å². The Morgan fingerprint density at radius 1 is 1.62 bits per heavy atom. The smallest absolute Gasteiger partial charge is 0.203 e. The number of ether oxygens (including phenoxy) is 1. The van der Waals surface area contributed by atoms with Crippen LogP contribution in [0, 0.1) is 12.8 Å². The second kappa shape index (κ2) is 3.00. The van der Waals surface area contributed by atoms with Gasteiger partial charge in [0.25, 0.3) is 0 Å². The highest BCUT2D eigenvalue weighted by atomic mass is 16.5. The molecule has 3 heteroatoms. The van der Waals surface area contributed by atoms with Crippen LogP contribution >= 0.6 is 0 Å². The van der Waals surface area contributed by atoms with E-state index >= 15 is 0 Å². The maximum atomic E-state index is 11.6. The van der Waals surface area contributed by atoms with Crippen molar-refractivity contribution in [2.24, 2.45) is 5.92 Å². The summed E-state index contributed by atoms with van der Waals surface area (Å²) in [5, 5.41) is 0. The third kappa shape index (κ3) is 1.52. The second-order valence-corrected chi connectivity index (χ2v) is 3.39. The van der Waals surface area contributed by atoms with E-state index < -0.39 is 0 Å². The van der Waals surface area contributed by atoms with Crippen molar-refractivity contribution < 1.29 is 13.9 Å². The minimum Gasteiger partial charge on any atom is -0.458 e. The highest BCUT2D eigenvalue weighted by Gasteiger charge is 2.44. The van der Waals surface area contributed by atoms with Gasteiger partial charge in [-0.2, -0.15) is 0 Å². The summed E-state index contributed by atoms with van der Waals surface area (Å²) >= 11 is 0. The minimum absolute atomic E-state index is 0.0237. The fraction of sp³-hybridized carbons (Fsp3) is 0.500. The molecule has 70 valence electrons. The van der Waals surface area contributed by atoms with E-state index in [2.05, 4.69) is 0 Å². The average Bonchev–Trinajstić information content (AvgIpc) is 2.80. The third-order valence-electron chi connectivity index (χ3n) is 2.35. The molecular formula is C10H12O3. The molecule has 0 amide bonds. The summed E-state index contributed by atoms with van der Waals surface area (Å²) in [5.74, 6) is 1.33. The number of carbonyl (C=O) groups is 1. The number of ketones is 1. The first kappa shape index (κ1) is 8.51. The quantitative estimate of drug-likeness (QED) is 0.666. The van der Waals surface area contributed by atoms with Gasteiger partial charge in [0.05, 0.1) is 12.0 Å². The highest BCUT2D eigenvalue weighted by molar-refractivity contribution is 5.97. The number of Topliss-reactive ketones (excluding diaryl/α,β-unsaturated/α-hetero) is 1. The van der Waals surface area contributed by atoms with Crippen molar-refractivity contribution >= 4 is 5.78 Å². The van der Waals surface area contributed by atoms with Gasteiger partial charge in [-0.15, -0.1) is 0 Å². The van der Waals surface area contributed by atoms with E-state index in [1.807, 2.05) is 6.92 Å². The van der Waals surface area contributed by atoms with Crippen LogP contribution in [0.25, 0.3) is 0 Å². The molecule has 2 atom stereocenters. The molecule has 1 heterocycles. The van der Waals surface area contributed by atoms with Crippen molar-refractivity contribution in [2.45, 2.75) is 19.4 Å². The molecule has 0 aromatic carbocycles. The predicted molar refractivity (Wildman–Crippen MR) is 46.7 cm³/mol. The summed E-state index contributed by atoms with van der Waals surface area (Å²) in [6.45, 7) is 1.83. The number of carbonyl (C=O) groups excluding carboxylic acids is 1. The van der Waals surface area contributed by atoms with Crippen molar-refractivity contribution in [1.29, 1.82) is 0 Å². The van der Waals surface area contributed by atoms with Crippen molar-refractivity contribution in [3.05, 3.63) is 23.7 Å². The van der Waals surface area contributed by atoms with Gasteiger partial charge in [-0.3, -0.25) is 4.79 Å². The van der Waals surface area contributed by atoms with Gasteiger partial charge in [0.2, 0.25) is 5.78 Å². The summed E-state index contributed by atoms with van der Waals surface area (Å²) < 4.78 is 10.3. The van der Waals surface area contributed by atoms with E-state index in [1.54, 1.807) is 19.2 Å². The Morgan fingerprint density at radius 3 is 2.85 bits per heavy atom. The molecule has 3 nitrogen and oxygen atoms in total. The Morgan fingerprint density at radius 2 is 2.38 bits per heavy atom. The zero-order valence-corrected chi connectivity index (χ0v) is 7.74. The van der Waals surface area contributed by atoms with E-state index in [1.165, 1.54) is 0 Å². The molecule has 1 aromatic heterocycles. The van der Waals surface area contributed by atoms with Crippen molar-refractivity contribution in [3.63, 3.8) is 0 Å². The van der Waals surface area contributed by atoms with Gasteiger partial charge < -0.3 is 9.15 Å². The van der Waals surface area contributed by atoms with Gasteiger partial charge in [-0.05, 0) is 25.5 Å². The van der Waals surface area contributed by atoms with Gasteiger partial charge >= 0.3 is 0 Å². The summed E-state index contributed by atoms with van der Waals surface area (Å²) in [7, 11) is 1.63. The fourth-order valence-electron chi connectivity index (χ4n) is 1.46. The first-order valence-corrected chi connectivity index (χ1v) is 4.36. The van der Waals surface area contributed by atoms with Gasteiger partial charge in [0.15, 0.2) is 5.76 Å². The normalized spacial score (nSPS) is 26.0. The molecule has 13 heavy (non-hydrogen) atoms. The Bertz CT molecular complexity index is 327. The summed E-state index contributed by atoms with van der Waals surface area (Å²) in [6.07, 6.45) is 0.938. The monoisotopic (exact) mass is 180 g/mol. The minimum atomic E-state index is 0.0237. The lowest BCUT2D eigenvalue weighted by atomic mass is 10.2. The average molecular weight is 180 g/mol. The van der Waals surface area contributed by atoms with Crippen LogP contribution in [-0.2, 0) is 4.74 Å². The highest BCUT2D eigenvalue weighted by Crippen LogP contribution is 2.36. The summed E-state index contributed by atoms with van der Waals surface area (Å²) in [5.41, 5.74) is 0. The molecule has 0 saturated heterocycles. The lowest BCUT2D eigenvalue weighted by Crippen LogP contribution is -2.04. The largest absolute Gasteiger partial charge is 0.458 e. The van der Waals surface area contributed by atoms with Crippen LogP contribution in [0.2, 0.25) is 0 Å². The zero-order valence-electron chi connectivity index (χ0n) is 7.74. The van der Waals surface area contributed by atoms with E-state index in [0.717, 1.165) is 12.2 Å². The molecule has 1 aliphatic rings. The molecule has 1 saturated carbocycles. The third-order valence-corrected chi connectivity index (χ3v) is 2.35. The molecule has 0 bridgehead atoms. The maximum absolute atomic E-state index is 11.6. The van der Waals surface area contributed by atoms with Crippen molar-refractivity contribution in [3.8, 4) is 0 Å². The predicted octanol–water partition coefficient (Wildman–Crippen LogP) is 1.81. The van der Waals surface area contributed by atoms with E-state index in [-0.39, 0.29) is 17.8 Å². The molecule has 0 radical (unpaired) electrons. The number of aryl methyl sites for hydroxylation is 1. The zero-order chi connectivity index (χ0) is 9.42. The standard InChI is InChI=1S/C10H12O3/c1-6-3-4-8(13-6)10(11)7-5-9(7)12-2/h3-4,7,9H,5H2,1-2H3. The molecule has 1 fully saturated rings. The number of methoxy groups -OCH3 is 1. The van der Waals surface area contributed by atoms with Crippen LogP contribution in [0.5, 0.6) is 0 Å². The molecule has 0 aliphatic heterocycles. The molecule has 2 rings (SSSR count). The lowest BCUT2D eigenvalue weighted by Gasteiger charge is -1.94.